The van der Waals surface area contributed by atoms with Gasteiger partial charge in [-0.2, -0.15) is 5.10 Å². The first kappa shape index (κ1) is 28.0. The van der Waals surface area contributed by atoms with Gasteiger partial charge in [0.05, 0.1) is 34.6 Å². The molecule has 6 aromatic rings. The predicted molar refractivity (Wildman–Crippen MR) is 170 cm³/mol. The van der Waals surface area contributed by atoms with Crippen LogP contribution in [0.2, 0.25) is 0 Å². The maximum atomic E-state index is 14.8. The number of hydrogen-bond acceptors (Lipinski definition) is 8. The molecule has 4 bridgehead atoms. The summed E-state index contributed by atoms with van der Waals surface area (Å²) in [5.41, 5.74) is 4.19. The monoisotopic (exact) mass is 620 g/mol. The Bertz CT molecular complexity index is 2110. The Morgan fingerprint density at radius 2 is 1.91 bits per heavy atom. The van der Waals surface area contributed by atoms with Gasteiger partial charge < -0.3 is 19.7 Å². The molecule has 232 valence electrons. The number of anilines is 2. The summed E-state index contributed by atoms with van der Waals surface area (Å²) in [6.07, 6.45) is 6.07. The van der Waals surface area contributed by atoms with E-state index in [1.54, 1.807) is 6.20 Å². The molecule has 0 aliphatic carbocycles. The smallest absolute Gasteiger partial charge is 0.245 e. The van der Waals surface area contributed by atoms with Crippen molar-refractivity contribution in [1.29, 1.82) is 0 Å². The molecule has 1 fully saturated rings. The molecule has 1 saturated heterocycles. The van der Waals surface area contributed by atoms with Crippen LogP contribution in [0.5, 0.6) is 0 Å². The Morgan fingerprint density at radius 1 is 1.02 bits per heavy atom. The summed E-state index contributed by atoms with van der Waals surface area (Å²) in [5, 5.41) is 8.53. The zero-order valence-electron chi connectivity index (χ0n) is 25.0. The third kappa shape index (κ3) is 4.70. The maximum Gasteiger partial charge on any atom is 0.245 e. The first-order valence-corrected chi connectivity index (χ1v) is 15.4. The highest BCUT2D eigenvalue weighted by atomic mass is 19.1. The average molecular weight is 621 g/mol. The standard InChI is InChI=1S/C33H30F2N10O/c1-2-42-12-5-13-43-19-38-26-8-3-6-22(30(26)43)25-7-4-9-29(41-25)40-21-15-28(33(42)46)44(17-21)31-23-16-39-45(32(23)37-18-36-31)27-11-10-20(34)14-24(27)35/h3-4,6-11,14,16,18-19,21,28H,2,5,12-13,15,17H2,1H3,(H,40,41)/t21-,28-/m0/s1. The molecule has 0 saturated carbocycles. The first-order chi connectivity index (χ1) is 22.5. The van der Waals surface area contributed by atoms with Gasteiger partial charge in [0.25, 0.3) is 0 Å². The van der Waals surface area contributed by atoms with Crippen molar-refractivity contribution in [2.24, 2.45) is 0 Å². The van der Waals surface area contributed by atoms with Crippen molar-refractivity contribution in [3.05, 3.63) is 85.1 Å². The topological polar surface area (TPSA) is 110 Å². The number of halogens is 2. The number of benzene rings is 2. The van der Waals surface area contributed by atoms with Crippen LogP contribution in [0, 0.1) is 11.6 Å². The van der Waals surface area contributed by atoms with E-state index < -0.39 is 17.7 Å². The molecule has 2 aromatic carbocycles. The van der Waals surface area contributed by atoms with E-state index in [9.17, 15) is 13.6 Å². The number of nitrogens with zero attached hydrogens (tertiary/aromatic N) is 9. The molecule has 13 heteroatoms. The molecule has 2 aliphatic rings. The summed E-state index contributed by atoms with van der Waals surface area (Å²) in [5.74, 6) is -0.213. The number of rotatable bonds is 3. The lowest BCUT2D eigenvalue weighted by atomic mass is 10.1. The minimum Gasteiger partial charge on any atom is -0.365 e. The van der Waals surface area contributed by atoms with Gasteiger partial charge in [-0.05, 0) is 50.1 Å². The van der Waals surface area contributed by atoms with E-state index in [1.807, 2.05) is 53.4 Å². The molecule has 0 spiro atoms. The minimum absolute atomic E-state index is 0.00305. The average Bonchev–Trinajstić information content (AvgIpc) is 3.80. The zero-order chi connectivity index (χ0) is 31.4. The molecule has 4 aromatic heterocycles. The van der Waals surface area contributed by atoms with E-state index in [4.69, 9.17) is 4.98 Å². The van der Waals surface area contributed by atoms with Gasteiger partial charge in [0.2, 0.25) is 5.91 Å². The third-order valence-electron chi connectivity index (χ3n) is 8.88. The van der Waals surface area contributed by atoms with Crippen molar-refractivity contribution in [3.63, 3.8) is 0 Å². The number of pyridine rings is 1. The lowest BCUT2D eigenvalue weighted by Gasteiger charge is -2.30. The molecule has 0 radical (unpaired) electrons. The second-order valence-corrected chi connectivity index (χ2v) is 11.6. The van der Waals surface area contributed by atoms with Gasteiger partial charge in [-0.3, -0.25) is 4.79 Å². The molecule has 2 aliphatic heterocycles. The third-order valence-corrected chi connectivity index (χ3v) is 8.88. The summed E-state index contributed by atoms with van der Waals surface area (Å²) in [6, 6.07) is 14.6. The van der Waals surface area contributed by atoms with Gasteiger partial charge >= 0.3 is 0 Å². The van der Waals surface area contributed by atoms with Crippen LogP contribution in [-0.2, 0) is 11.3 Å². The fourth-order valence-electron chi connectivity index (χ4n) is 6.74. The van der Waals surface area contributed by atoms with E-state index in [2.05, 4.69) is 36.0 Å². The van der Waals surface area contributed by atoms with Gasteiger partial charge in [-0.1, -0.05) is 18.2 Å². The Balaban J connectivity index is 1.20. The number of fused-ring (bicyclic) bond motifs is 6. The first-order valence-electron chi connectivity index (χ1n) is 15.4. The van der Waals surface area contributed by atoms with Crippen molar-refractivity contribution >= 4 is 39.6 Å². The summed E-state index contributed by atoms with van der Waals surface area (Å²) < 4.78 is 31.9. The van der Waals surface area contributed by atoms with Crippen LogP contribution in [0.3, 0.4) is 0 Å². The zero-order valence-corrected chi connectivity index (χ0v) is 25.0. The number of para-hydroxylation sites is 1. The Hall–Kier alpha value is -5.46. The Labute approximate surface area is 262 Å². The van der Waals surface area contributed by atoms with E-state index >= 15 is 0 Å². The van der Waals surface area contributed by atoms with Gasteiger partial charge in [0, 0.05) is 43.9 Å². The van der Waals surface area contributed by atoms with Crippen LogP contribution in [0.1, 0.15) is 19.8 Å². The largest absolute Gasteiger partial charge is 0.365 e. The molecule has 1 amide bonds. The van der Waals surface area contributed by atoms with Gasteiger partial charge in [-0.25, -0.2) is 33.4 Å². The molecule has 0 unspecified atom stereocenters. The van der Waals surface area contributed by atoms with E-state index in [0.29, 0.717) is 55.3 Å². The predicted octanol–water partition coefficient (Wildman–Crippen LogP) is 4.82. The van der Waals surface area contributed by atoms with E-state index in [-0.39, 0.29) is 17.6 Å². The summed E-state index contributed by atoms with van der Waals surface area (Å²) in [7, 11) is 0. The Morgan fingerprint density at radius 3 is 2.78 bits per heavy atom. The highest BCUT2D eigenvalue weighted by Gasteiger charge is 2.40. The number of carbonyl (C=O) groups excluding carboxylic acids is 1. The van der Waals surface area contributed by atoms with Gasteiger partial charge in [-0.15, -0.1) is 0 Å². The molecular formula is C33H30F2N10O. The lowest BCUT2D eigenvalue weighted by Crippen LogP contribution is -2.46. The van der Waals surface area contributed by atoms with Crippen molar-refractivity contribution in [3.8, 4) is 16.9 Å². The van der Waals surface area contributed by atoms with Crippen molar-refractivity contribution in [2.75, 3.05) is 29.9 Å². The quantitative estimate of drug-likeness (QED) is 0.300. The van der Waals surface area contributed by atoms with Crippen LogP contribution in [-0.4, -0.2) is 76.8 Å². The number of imidazole rings is 1. The van der Waals surface area contributed by atoms with E-state index in [1.165, 1.54) is 23.1 Å². The number of aromatic nitrogens is 7. The van der Waals surface area contributed by atoms with Crippen molar-refractivity contribution in [1.82, 2.24) is 39.2 Å². The van der Waals surface area contributed by atoms with Crippen molar-refractivity contribution in [2.45, 2.75) is 38.4 Å². The number of hydrogen-bond donors (Lipinski definition) is 1. The summed E-state index contributed by atoms with van der Waals surface area (Å²) in [4.78, 5) is 36.8. The van der Waals surface area contributed by atoms with Crippen LogP contribution >= 0.6 is 0 Å². The minimum atomic E-state index is -0.760. The second-order valence-electron chi connectivity index (χ2n) is 11.6. The molecule has 11 nitrogen and oxygen atoms in total. The number of aryl methyl sites for hydroxylation is 1. The normalized spacial score (nSPS) is 18.5. The number of nitrogens with one attached hydrogen (secondary N) is 1. The molecule has 6 heterocycles. The lowest BCUT2D eigenvalue weighted by molar-refractivity contribution is -0.132. The second kappa shape index (κ2) is 11.2. The van der Waals surface area contributed by atoms with E-state index in [0.717, 1.165) is 34.8 Å². The van der Waals surface area contributed by atoms with Crippen LogP contribution < -0.4 is 10.2 Å². The highest BCUT2D eigenvalue weighted by Crippen LogP contribution is 2.34. The molecule has 2 atom stereocenters. The van der Waals surface area contributed by atoms with Crippen LogP contribution in [0.4, 0.5) is 20.4 Å². The SMILES string of the molecule is CCN1CCCn2cnc3cccc(c32)-c2cccc(n2)N[C@H]2C[C@@H](C1=O)N(c1ncnc3c1cnn3-c1ccc(F)cc1F)C2. The highest BCUT2D eigenvalue weighted by molar-refractivity contribution is 5.93. The van der Waals surface area contributed by atoms with Crippen LogP contribution in [0.25, 0.3) is 39.0 Å². The number of carbonyl (C=O) groups is 1. The number of amides is 1. The molecule has 1 N–H and O–H groups in total. The molecular weight excluding hydrogens is 590 g/mol. The maximum absolute atomic E-state index is 14.8. The summed E-state index contributed by atoms with van der Waals surface area (Å²) >= 11 is 0. The fourth-order valence-corrected chi connectivity index (χ4v) is 6.74. The molecule has 46 heavy (non-hydrogen) atoms. The molecule has 8 rings (SSSR count). The number of likely N-dealkylation sites (N-methyl/N-ethyl adjacent to an activating group) is 1. The van der Waals surface area contributed by atoms with Crippen LogP contribution in [0.15, 0.2) is 73.4 Å². The fraction of sp³-hybridized carbons (Fsp3) is 0.273. The Kier molecular flexibility index (Phi) is 6.80. The van der Waals surface area contributed by atoms with Gasteiger partial charge in [0.15, 0.2) is 11.5 Å². The van der Waals surface area contributed by atoms with Crippen molar-refractivity contribution < 1.29 is 13.6 Å². The van der Waals surface area contributed by atoms with Gasteiger partial charge in [0.1, 0.15) is 35.5 Å². The summed E-state index contributed by atoms with van der Waals surface area (Å²) in [6.45, 7) is 4.28.